The van der Waals surface area contributed by atoms with E-state index in [4.69, 9.17) is 10.8 Å². The summed E-state index contributed by atoms with van der Waals surface area (Å²) in [5.41, 5.74) is 4.91. The van der Waals surface area contributed by atoms with Crippen LogP contribution < -0.4 is 5.73 Å². The summed E-state index contributed by atoms with van der Waals surface area (Å²) in [6.07, 6.45) is 3.38. The Morgan fingerprint density at radius 1 is 1.53 bits per heavy atom. The van der Waals surface area contributed by atoms with Gasteiger partial charge >= 0.3 is 5.97 Å². The van der Waals surface area contributed by atoms with Crippen LogP contribution >= 0.6 is 0 Å². The van der Waals surface area contributed by atoms with E-state index in [9.17, 15) is 9.59 Å². The predicted molar refractivity (Wildman–Crippen MR) is 65.4 cm³/mol. The van der Waals surface area contributed by atoms with Gasteiger partial charge in [-0.3, -0.25) is 9.59 Å². The number of nitrogens with zero attached hydrogens (tertiary/aromatic N) is 1. The first-order chi connectivity index (χ1) is 7.56. The molecule has 17 heavy (non-hydrogen) atoms. The minimum absolute atomic E-state index is 0. The second-order valence-electron chi connectivity index (χ2n) is 3.35. The van der Waals surface area contributed by atoms with Gasteiger partial charge in [0.25, 0.3) is 0 Å². The van der Waals surface area contributed by atoms with Crippen molar-refractivity contribution >= 4 is 11.9 Å². The fourth-order valence-corrected chi connectivity index (χ4v) is 1.27. The van der Waals surface area contributed by atoms with Crippen LogP contribution in [0.15, 0.2) is 25.3 Å². The highest BCUT2D eigenvalue weighted by Crippen LogP contribution is 2.17. The lowest BCUT2D eigenvalue weighted by Gasteiger charge is -2.11. The van der Waals surface area contributed by atoms with E-state index < -0.39 is 11.9 Å². The molecule has 1 aliphatic rings. The van der Waals surface area contributed by atoms with Crippen molar-refractivity contribution in [3.05, 3.63) is 25.3 Å². The van der Waals surface area contributed by atoms with Crippen LogP contribution in [0.3, 0.4) is 0 Å². The van der Waals surface area contributed by atoms with Crippen LogP contribution in [0, 0.1) is 5.92 Å². The number of amides is 1. The average Bonchev–Trinajstić information content (AvgIpc) is 2.62. The van der Waals surface area contributed by atoms with Crippen molar-refractivity contribution in [2.45, 2.75) is 6.42 Å². The Bertz CT molecular complexity index is 279. The minimum Gasteiger partial charge on any atom is -0.481 e. The van der Waals surface area contributed by atoms with Gasteiger partial charge in [-0.25, -0.2) is 0 Å². The summed E-state index contributed by atoms with van der Waals surface area (Å²) < 4.78 is 0. The third kappa shape index (κ3) is 6.49. The van der Waals surface area contributed by atoms with Gasteiger partial charge < -0.3 is 21.2 Å². The van der Waals surface area contributed by atoms with E-state index in [0.29, 0.717) is 19.6 Å². The molecule has 0 bridgehead atoms. The molecule has 5 N–H and O–H groups in total. The number of carboxylic acids is 1. The summed E-state index contributed by atoms with van der Waals surface area (Å²) in [7, 11) is 0. The number of aliphatic carboxylic acids is 1. The molecule has 98 valence electrons. The molecule has 1 aliphatic heterocycles. The number of nitrogens with two attached hydrogens (primary N) is 1. The molecule has 1 amide bonds. The van der Waals surface area contributed by atoms with Gasteiger partial charge in [-0.1, -0.05) is 12.2 Å². The highest BCUT2D eigenvalue weighted by molar-refractivity contribution is 5.86. The number of carboxylic acid groups (broad SMARTS) is 1. The minimum atomic E-state index is -0.894. The van der Waals surface area contributed by atoms with E-state index >= 15 is 0 Å². The van der Waals surface area contributed by atoms with Gasteiger partial charge in [0.05, 0.1) is 5.92 Å². The van der Waals surface area contributed by atoms with Gasteiger partial charge in [-0.05, 0) is 0 Å². The van der Waals surface area contributed by atoms with Crippen molar-refractivity contribution in [1.29, 1.82) is 0 Å². The number of carbonyl (C=O) groups is 2. The highest BCUT2D eigenvalue weighted by atomic mass is 16.4. The average molecular weight is 244 g/mol. The summed E-state index contributed by atoms with van der Waals surface area (Å²) in [4.78, 5) is 23.1. The zero-order valence-corrected chi connectivity index (χ0v) is 9.76. The van der Waals surface area contributed by atoms with E-state index in [0.717, 1.165) is 0 Å². The normalized spacial score (nSPS) is 17.6. The Morgan fingerprint density at radius 3 is 2.35 bits per heavy atom. The molecule has 1 unspecified atom stereocenters. The van der Waals surface area contributed by atoms with Crippen molar-refractivity contribution in [3.8, 4) is 0 Å². The van der Waals surface area contributed by atoms with Crippen molar-refractivity contribution in [3.63, 3.8) is 0 Å². The maximum Gasteiger partial charge on any atom is 0.308 e. The summed E-state index contributed by atoms with van der Waals surface area (Å²) in [5.74, 6) is -1.52. The van der Waals surface area contributed by atoms with Crippen molar-refractivity contribution in [2.24, 2.45) is 11.7 Å². The molecule has 1 rings (SSSR count). The number of likely N-dealkylation sites (tertiary alicyclic amines) is 1. The molecule has 6 nitrogen and oxygen atoms in total. The van der Waals surface area contributed by atoms with Gasteiger partial charge in [0.1, 0.15) is 0 Å². The molecule has 0 aromatic carbocycles. The van der Waals surface area contributed by atoms with Crippen LogP contribution in [0.2, 0.25) is 0 Å². The Hall–Kier alpha value is -1.66. The standard InChI is InChI=1S/C8H11NO3.C3H7N.H2O/c1-2-3-9-5-6(8(11)12)4-7(9)10;1-2-3-4;/h2,6H,1,3-5H2,(H,11,12);2H,1,3-4H2;1H2. The van der Waals surface area contributed by atoms with Gasteiger partial charge in [0.2, 0.25) is 5.91 Å². The second kappa shape index (κ2) is 9.56. The fraction of sp³-hybridized carbons (Fsp3) is 0.455. The lowest BCUT2D eigenvalue weighted by molar-refractivity contribution is -0.141. The number of hydrogen-bond acceptors (Lipinski definition) is 3. The highest BCUT2D eigenvalue weighted by Gasteiger charge is 2.33. The molecule has 0 radical (unpaired) electrons. The maximum atomic E-state index is 11.1. The third-order valence-electron chi connectivity index (χ3n) is 2.08. The third-order valence-corrected chi connectivity index (χ3v) is 2.08. The first-order valence-electron chi connectivity index (χ1n) is 4.99. The van der Waals surface area contributed by atoms with Crippen LogP contribution in [0.5, 0.6) is 0 Å². The Balaban J connectivity index is 0. The van der Waals surface area contributed by atoms with E-state index in [1.165, 1.54) is 4.90 Å². The monoisotopic (exact) mass is 244 g/mol. The van der Waals surface area contributed by atoms with Gasteiger partial charge in [0, 0.05) is 26.1 Å². The number of rotatable bonds is 4. The van der Waals surface area contributed by atoms with Gasteiger partial charge in [-0.2, -0.15) is 0 Å². The SMILES string of the molecule is C=CCN.C=CCN1CC(C(=O)O)CC1=O.O. The first kappa shape index (κ1) is 17.7. The molecule has 0 saturated carbocycles. The van der Waals surface area contributed by atoms with Crippen LogP contribution in [-0.4, -0.2) is 47.0 Å². The van der Waals surface area contributed by atoms with Crippen molar-refractivity contribution in [2.75, 3.05) is 19.6 Å². The Labute approximate surface area is 101 Å². The van der Waals surface area contributed by atoms with Crippen LogP contribution in [0.1, 0.15) is 6.42 Å². The predicted octanol–water partition coefficient (Wildman–Crippen LogP) is -0.588. The summed E-state index contributed by atoms with van der Waals surface area (Å²) >= 11 is 0. The lowest BCUT2D eigenvalue weighted by atomic mass is 10.1. The Kier molecular flexibility index (Phi) is 9.97. The molecular weight excluding hydrogens is 224 g/mol. The largest absolute Gasteiger partial charge is 0.481 e. The zero-order chi connectivity index (χ0) is 12.6. The van der Waals surface area contributed by atoms with Crippen LogP contribution in [-0.2, 0) is 9.59 Å². The van der Waals surface area contributed by atoms with Crippen molar-refractivity contribution in [1.82, 2.24) is 4.90 Å². The van der Waals surface area contributed by atoms with E-state index in [1.807, 2.05) is 0 Å². The quantitative estimate of drug-likeness (QED) is 0.643. The molecular formula is C11H20N2O4. The topological polar surface area (TPSA) is 115 Å². The Morgan fingerprint density at radius 2 is 2.06 bits per heavy atom. The zero-order valence-electron chi connectivity index (χ0n) is 9.76. The smallest absolute Gasteiger partial charge is 0.308 e. The molecule has 1 fully saturated rings. The van der Waals surface area contributed by atoms with Crippen LogP contribution in [0.25, 0.3) is 0 Å². The second-order valence-corrected chi connectivity index (χ2v) is 3.35. The van der Waals surface area contributed by atoms with E-state index in [-0.39, 0.29) is 17.8 Å². The molecule has 1 saturated heterocycles. The first-order valence-corrected chi connectivity index (χ1v) is 4.99. The molecule has 0 aromatic heterocycles. The molecule has 6 heteroatoms. The van der Waals surface area contributed by atoms with Crippen molar-refractivity contribution < 1.29 is 20.2 Å². The summed E-state index contributed by atoms with van der Waals surface area (Å²) in [6, 6.07) is 0. The maximum absolute atomic E-state index is 11.1. The van der Waals surface area contributed by atoms with E-state index in [1.54, 1.807) is 12.2 Å². The molecule has 0 spiro atoms. The van der Waals surface area contributed by atoms with E-state index in [2.05, 4.69) is 13.2 Å². The molecule has 0 aromatic rings. The van der Waals surface area contributed by atoms with Crippen LogP contribution in [0.4, 0.5) is 0 Å². The van der Waals surface area contributed by atoms with Gasteiger partial charge in [-0.15, -0.1) is 13.2 Å². The molecule has 0 aliphatic carbocycles. The molecule has 1 heterocycles. The summed E-state index contributed by atoms with van der Waals surface area (Å²) in [6.45, 7) is 8.19. The number of carbonyl (C=O) groups excluding carboxylic acids is 1. The number of hydrogen-bond donors (Lipinski definition) is 2. The fourth-order valence-electron chi connectivity index (χ4n) is 1.27. The molecule has 1 atom stereocenters. The summed E-state index contributed by atoms with van der Waals surface area (Å²) in [5, 5.41) is 8.61. The van der Waals surface area contributed by atoms with Gasteiger partial charge in [0.15, 0.2) is 0 Å². The lowest BCUT2D eigenvalue weighted by Crippen LogP contribution is -2.26.